The number of hydrogen-bond acceptors (Lipinski definition) is 4. The Bertz CT molecular complexity index is 609. The van der Waals surface area contributed by atoms with E-state index in [2.05, 4.69) is 11.9 Å². The van der Waals surface area contributed by atoms with Gasteiger partial charge in [-0.2, -0.15) is 0 Å². The molecule has 0 aromatic heterocycles. The van der Waals surface area contributed by atoms with Gasteiger partial charge in [-0.15, -0.1) is 0 Å². The second-order valence-corrected chi connectivity index (χ2v) is 6.84. The van der Waals surface area contributed by atoms with Crippen molar-refractivity contribution in [3.8, 4) is 0 Å². The standard InChI is InChI=1S/C15H19N3O2S/c1-11-9-12(5-6-13(11)18(19)20)16-14-17(2)15(10-21-14)7-3-4-8-15/h5-6,9H,3-4,7-8,10H2,1-2H3. The van der Waals surface area contributed by atoms with Crippen LogP contribution in [0.3, 0.4) is 0 Å². The van der Waals surface area contributed by atoms with E-state index < -0.39 is 0 Å². The number of nitrogens with zero attached hydrogens (tertiary/aromatic N) is 3. The molecule has 0 unspecified atom stereocenters. The number of hydrogen-bond donors (Lipinski definition) is 0. The van der Waals surface area contributed by atoms with Crippen LogP contribution in [-0.2, 0) is 0 Å². The molecule has 1 aromatic carbocycles. The quantitative estimate of drug-likeness (QED) is 0.614. The average Bonchev–Trinajstić information content (AvgIpc) is 3.02. The molecule has 1 saturated carbocycles. The molecule has 3 rings (SSSR count). The van der Waals surface area contributed by atoms with Crippen LogP contribution < -0.4 is 0 Å². The lowest BCUT2D eigenvalue weighted by atomic mass is 9.99. The summed E-state index contributed by atoms with van der Waals surface area (Å²) in [5, 5.41) is 11.9. The molecule has 0 radical (unpaired) electrons. The minimum atomic E-state index is -0.351. The molecule has 0 bridgehead atoms. The van der Waals surface area contributed by atoms with Crippen molar-refractivity contribution in [2.75, 3.05) is 12.8 Å². The van der Waals surface area contributed by atoms with Crippen LogP contribution in [0.15, 0.2) is 23.2 Å². The molecule has 1 heterocycles. The first-order valence-electron chi connectivity index (χ1n) is 7.22. The monoisotopic (exact) mass is 305 g/mol. The van der Waals surface area contributed by atoms with Crippen molar-refractivity contribution < 1.29 is 4.92 Å². The van der Waals surface area contributed by atoms with E-state index in [-0.39, 0.29) is 10.6 Å². The van der Waals surface area contributed by atoms with Gasteiger partial charge in [0.25, 0.3) is 5.69 Å². The maximum atomic E-state index is 10.9. The van der Waals surface area contributed by atoms with E-state index in [4.69, 9.17) is 4.99 Å². The van der Waals surface area contributed by atoms with Crippen molar-refractivity contribution in [2.45, 2.75) is 38.1 Å². The number of thioether (sulfide) groups is 1. The molecule has 112 valence electrons. The van der Waals surface area contributed by atoms with Crippen LogP contribution in [-0.4, -0.2) is 33.3 Å². The van der Waals surface area contributed by atoms with Gasteiger partial charge in [0.05, 0.1) is 16.1 Å². The third kappa shape index (κ3) is 2.52. The summed E-state index contributed by atoms with van der Waals surface area (Å²) in [4.78, 5) is 17.5. The third-order valence-corrected chi connectivity index (χ3v) is 5.91. The number of amidine groups is 1. The van der Waals surface area contributed by atoms with Crippen LogP contribution in [0, 0.1) is 17.0 Å². The number of nitro benzene ring substituents is 1. The minimum Gasteiger partial charge on any atom is -0.348 e. The molecule has 1 saturated heterocycles. The zero-order valence-electron chi connectivity index (χ0n) is 12.3. The van der Waals surface area contributed by atoms with E-state index in [9.17, 15) is 10.1 Å². The average molecular weight is 305 g/mol. The molecule has 0 amide bonds. The van der Waals surface area contributed by atoms with Crippen molar-refractivity contribution in [2.24, 2.45) is 4.99 Å². The number of rotatable bonds is 2. The van der Waals surface area contributed by atoms with E-state index >= 15 is 0 Å². The molecule has 1 aliphatic carbocycles. The van der Waals surface area contributed by atoms with E-state index in [1.165, 1.54) is 25.7 Å². The van der Waals surface area contributed by atoms with E-state index in [0.717, 1.165) is 16.6 Å². The number of aryl methyl sites for hydroxylation is 1. The lowest BCUT2D eigenvalue weighted by molar-refractivity contribution is -0.385. The molecule has 1 aromatic rings. The number of nitro groups is 1. The highest BCUT2D eigenvalue weighted by Gasteiger charge is 2.44. The Hall–Kier alpha value is -1.56. The lowest BCUT2D eigenvalue weighted by Gasteiger charge is -2.32. The topological polar surface area (TPSA) is 58.7 Å². The second-order valence-electron chi connectivity index (χ2n) is 5.90. The maximum absolute atomic E-state index is 10.9. The van der Waals surface area contributed by atoms with Crippen LogP contribution in [0.2, 0.25) is 0 Å². The third-order valence-electron chi connectivity index (χ3n) is 4.60. The first kappa shape index (κ1) is 14.4. The summed E-state index contributed by atoms with van der Waals surface area (Å²) in [6.07, 6.45) is 5.09. The van der Waals surface area contributed by atoms with E-state index in [1.807, 2.05) is 0 Å². The molecule has 2 aliphatic rings. The molecule has 1 spiro atoms. The smallest absolute Gasteiger partial charge is 0.272 e. The van der Waals surface area contributed by atoms with Gasteiger partial charge in [0.1, 0.15) is 0 Å². The fraction of sp³-hybridized carbons (Fsp3) is 0.533. The van der Waals surface area contributed by atoms with Gasteiger partial charge >= 0.3 is 0 Å². The predicted molar refractivity (Wildman–Crippen MR) is 86.3 cm³/mol. The molecule has 21 heavy (non-hydrogen) atoms. The summed E-state index contributed by atoms with van der Waals surface area (Å²) in [5.74, 6) is 1.11. The molecule has 0 N–H and O–H groups in total. The summed E-state index contributed by atoms with van der Waals surface area (Å²) in [6, 6.07) is 5.06. The zero-order chi connectivity index (χ0) is 15.0. The van der Waals surface area contributed by atoms with Gasteiger partial charge in [0, 0.05) is 24.4 Å². The Kier molecular flexibility index (Phi) is 3.65. The summed E-state index contributed by atoms with van der Waals surface area (Å²) >= 11 is 1.80. The van der Waals surface area contributed by atoms with E-state index in [1.54, 1.807) is 36.9 Å². The van der Waals surface area contributed by atoms with Gasteiger partial charge in [0.15, 0.2) is 5.17 Å². The summed E-state index contributed by atoms with van der Waals surface area (Å²) < 4.78 is 0. The van der Waals surface area contributed by atoms with Crippen molar-refractivity contribution in [3.63, 3.8) is 0 Å². The van der Waals surface area contributed by atoms with Crippen molar-refractivity contribution >= 4 is 28.3 Å². The first-order valence-corrected chi connectivity index (χ1v) is 8.21. The molecule has 0 atom stereocenters. The Labute approximate surface area is 128 Å². The highest BCUT2D eigenvalue weighted by molar-refractivity contribution is 8.14. The Morgan fingerprint density at radius 2 is 2.10 bits per heavy atom. The summed E-state index contributed by atoms with van der Waals surface area (Å²) in [7, 11) is 2.13. The fourth-order valence-corrected chi connectivity index (χ4v) is 4.68. The SMILES string of the molecule is Cc1cc(N=C2SCC3(CCCC3)N2C)ccc1[N+](=O)[O-]. The highest BCUT2D eigenvalue weighted by Crippen LogP contribution is 2.44. The molecule has 6 heteroatoms. The van der Waals surface area contributed by atoms with Crippen molar-refractivity contribution in [1.82, 2.24) is 4.90 Å². The Morgan fingerprint density at radius 3 is 2.71 bits per heavy atom. The number of benzene rings is 1. The lowest BCUT2D eigenvalue weighted by Crippen LogP contribution is -2.42. The molecular weight excluding hydrogens is 286 g/mol. The molecule has 5 nitrogen and oxygen atoms in total. The highest BCUT2D eigenvalue weighted by atomic mass is 32.2. The Balaban J connectivity index is 1.86. The van der Waals surface area contributed by atoms with Crippen LogP contribution in [0.4, 0.5) is 11.4 Å². The first-order chi connectivity index (χ1) is 10.0. The summed E-state index contributed by atoms with van der Waals surface area (Å²) in [5.41, 5.74) is 1.89. The van der Waals surface area contributed by atoms with E-state index in [0.29, 0.717) is 11.1 Å². The van der Waals surface area contributed by atoms with Crippen LogP contribution in [0.25, 0.3) is 0 Å². The normalized spacial score (nSPS) is 22.4. The minimum absolute atomic E-state index is 0.152. The summed E-state index contributed by atoms with van der Waals surface area (Å²) in [6.45, 7) is 1.76. The van der Waals surface area contributed by atoms with Gasteiger partial charge in [-0.3, -0.25) is 10.1 Å². The van der Waals surface area contributed by atoms with Gasteiger partial charge in [-0.25, -0.2) is 4.99 Å². The van der Waals surface area contributed by atoms with Crippen molar-refractivity contribution in [3.05, 3.63) is 33.9 Å². The van der Waals surface area contributed by atoms with Crippen LogP contribution in [0.1, 0.15) is 31.2 Å². The molecular formula is C15H19N3O2S. The maximum Gasteiger partial charge on any atom is 0.272 e. The zero-order valence-corrected chi connectivity index (χ0v) is 13.2. The largest absolute Gasteiger partial charge is 0.348 e. The second kappa shape index (κ2) is 5.33. The Morgan fingerprint density at radius 1 is 1.38 bits per heavy atom. The van der Waals surface area contributed by atoms with Crippen LogP contribution >= 0.6 is 11.8 Å². The van der Waals surface area contributed by atoms with Crippen LogP contribution in [0.5, 0.6) is 0 Å². The number of aliphatic imine (C=N–C) groups is 1. The van der Waals surface area contributed by atoms with Gasteiger partial charge in [0.2, 0.25) is 0 Å². The van der Waals surface area contributed by atoms with Gasteiger partial charge in [-0.05, 0) is 31.9 Å². The molecule has 2 fully saturated rings. The van der Waals surface area contributed by atoms with Gasteiger partial charge < -0.3 is 4.90 Å². The predicted octanol–water partition coefficient (Wildman–Crippen LogP) is 3.88. The molecule has 1 aliphatic heterocycles. The fourth-order valence-electron chi connectivity index (χ4n) is 3.24. The van der Waals surface area contributed by atoms with Crippen molar-refractivity contribution in [1.29, 1.82) is 0 Å². The van der Waals surface area contributed by atoms with Gasteiger partial charge in [-0.1, -0.05) is 24.6 Å².